The number of hydrogen-bond acceptors (Lipinski definition) is 5. The summed E-state index contributed by atoms with van der Waals surface area (Å²) in [5.74, 6) is 0.969. The predicted molar refractivity (Wildman–Crippen MR) is 89.3 cm³/mol. The molecule has 0 saturated heterocycles. The van der Waals surface area contributed by atoms with E-state index in [0.717, 1.165) is 11.1 Å². The molecule has 1 N–H and O–H groups in total. The first-order chi connectivity index (χ1) is 11.2. The molecule has 0 aliphatic heterocycles. The summed E-state index contributed by atoms with van der Waals surface area (Å²) < 4.78 is 5.38. The van der Waals surface area contributed by atoms with Crippen LogP contribution in [0.1, 0.15) is 6.92 Å². The highest BCUT2D eigenvalue weighted by Gasteiger charge is 2.17. The van der Waals surface area contributed by atoms with E-state index in [0.29, 0.717) is 17.8 Å². The molecule has 2 aromatic carbocycles. The fourth-order valence-corrected chi connectivity index (χ4v) is 2.27. The maximum atomic E-state index is 11.3. The molecule has 1 aromatic heterocycles. The van der Waals surface area contributed by atoms with Crippen LogP contribution < -0.4 is 10.1 Å². The Morgan fingerprint density at radius 3 is 2.61 bits per heavy atom. The summed E-state index contributed by atoms with van der Waals surface area (Å²) in [6.07, 6.45) is 0. The molecule has 0 saturated carbocycles. The van der Waals surface area contributed by atoms with Crippen molar-refractivity contribution in [3.05, 3.63) is 64.7 Å². The third-order valence-corrected chi connectivity index (χ3v) is 3.33. The molecule has 116 valence electrons. The molecule has 0 unspecified atom stereocenters. The number of pyridine rings is 1. The second-order valence-corrected chi connectivity index (χ2v) is 4.89. The lowest BCUT2D eigenvalue weighted by Gasteiger charge is -2.09. The van der Waals surface area contributed by atoms with Crippen LogP contribution in [0.4, 0.5) is 17.2 Å². The van der Waals surface area contributed by atoms with Crippen molar-refractivity contribution in [2.45, 2.75) is 6.92 Å². The lowest BCUT2D eigenvalue weighted by atomic mass is 10.2. The largest absolute Gasteiger partial charge is 0.494 e. The third-order valence-electron chi connectivity index (χ3n) is 3.33. The summed E-state index contributed by atoms with van der Waals surface area (Å²) in [5.41, 5.74) is 1.35. The first-order valence-corrected chi connectivity index (χ1v) is 7.21. The molecule has 0 fully saturated rings. The Balaban J connectivity index is 1.97. The van der Waals surface area contributed by atoms with Gasteiger partial charge in [-0.2, -0.15) is 0 Å². The van der Waals surface area contributed by atoms with E-state index in [4.69, 9.17) is 4.74 Å². The molecule has 3 rings (SSSR count). The zero-order chi connectivity index (χ0) is 16.2. The SMILES string of the molecule is CCOc1ccc(Nc2nc3ccccc3cc2[N+](=O)[O-])cc1. The van der Waals surface area contributed by atoms with Gasteiger partial charge in [-0.05, 0) is 37.3 Å². The van der Waals surface area contributed by atoms with E-state index in [2.05, 4.69) is 10.3 Å². The van der Waals surface area contributed by atoms with Crippen molar-refractivity contribution in [3.63, 3.8) is 0 Å². The van der Waals surface area contributed by atoms with E-state index in [9.17, 15) is 10.1 Å². The van der Waals surface area contributed by atoms with E-state index in [1.165, 1.54) is 6.07 Å². The number of para-hydroxylation sites is 1. The fourth-order valence-electron chi connectivity index (χ4n) is 2.27. The van der Waals surface area contributed by atoms with Gasteiger partial charge < -0.3 is 10.1 Å². The maximum Gasteiger partial charge on any atom is 0.312 e. The van der Waals surface area contributed by atoms with Crippen molar-refractivity contribution in [1.29, 1.82) is 0 Å². The number of benzene rings is 2. The summed E-state index contributed by atoms with van der Waals surface area (Å²) in [5, 5.41) is 15.0. The number of anilines is 2. The van der Waals surface area contributed by atoms with Crippen molar-refractivity contribution in [2.75, 3.05) is 11.9 Å². The zero-order valence-electron chi connectivity index (χ0n) is 12.5. The average molecular weight is 309 g/mol. The molecule has 0 bridgehead atoms. The van der Waals surface area contributed by atoms with Crippen LogP contribution in [0.5, 0.6) is 5.75 Å². The molecule has 0 radical (unpaired) electrons. The van der Waals surface area contributed by atoms with Gasteiger partial charge in [-0.3, -0.25) is 10.1 Å². The van der Waals surface area contributed by atoms with Crippen LogP contribution in [0.3, 0.4) is 0 Å². The van der Waals surface area contributed by atoms with Crippen LogP contribution in [-0.4, -0.2) is 16.5 Å². The summed E-state index contributed by atoms with van der Waals surface area (Å²) in [4.78, 5) is 15.2. The van der Waals surface area contributed by atoms with E-state index in [1.54, 1.807) is 30.3 Å². The van der Waals surface area contributed by atoms with E-state index >= 15 is 0 Å². The minimum atomic E-state index is -0.434. The Kier molecular flexibility index (Phi) is 4.05. The van der Waals surface area contributed by atoms with E-state index in [-0.39, 0.29) is 11.5 Å². The molecule has 0 aliphatic rings. The van der Waals surface area contributed by atoms with E-state index in [1.807, 2.05) is 25.1 Å². The molecule has 0 spiro atoms. The summed E-state index contributed by atoms with van der Waals surface area (Å²) in [6, 6.07) is 16.0. The van der Waals surface area contributed by atoms with Crippen LogP contribution in [-0.2, 0) is 0 Å². The fraction of sp³-hybridized carbons (Fsp3) is 0.118. The number of rotatable bonds is 5. The minimum Gasteiger partial charge on any atom is -0.494 e. The third kappa shape index (κ3) is 3.21. The van der Waals surface area contributed by atoms with Crippen molar-refractivity contribution >= 4 is 28.1 Å². The quantitative estimate of drug-likeness (QED) is 0.562. The molecule has 0 atom stereocenters. The summed E-state index contributed by atoms with van der Waals surface area (Å²) >= 11 is 0. The smallest absolute Gasteiger partial charge is 0.312 e. The monoisotopic (exact) mass is 309 g/mol. The highest BCUT2D eigenvalue weighted by molar-refractivity contribution is 5.85. The first kappa shape index (κ1) is 14.8. The van der Waals surface area contributed by atoms with Crippen molar-refractivity contribution < 1.29 is 9.66 Å². The van der Waals surface area contributed by atoms with Gasteiger partial charge in [0.05, 0.1) is 17.0 Å². The highest BCUT2D eigenvalue weighted by Crippen LogP contribution is 2.29. The Labute approximate surface area is 132 Å². The number of nitrogens with zero attached hydrogens (tertiary/aromatic N) is 2. The molecule has 1 heterocycles. The molecular weight excluding hydrogens is 294 g/mol. The standard InChI is InChI=1S/C17H15N3O3/c1-2-23-14-9-7-13(8-10-14)18-17-16(20(21)22)11-12-5-3-4-6-15(12)19-17/h3-11H,2H2,1H3,(H,18,19). The number of nitro groups is 1. The Morgan fingerprint density at radius 2 is 1.91 bits per heavy atom. The topological polar surface area (TPSA) is 77.3 Å². The van der Waals surface area contributed by atoms with Gasteiger partial charge >= 0.3 is 5.69 Å². The zero-order valence-corrected chi connectivity index (χ0v) is 12.5. The first-order valence-electron chi connectivity index (χ1n) is 7.21. The van der Waals surface area contributed by atoms with Crippen LogP contribution >= 0.6 is 0 Å². The van der Waals surface area contributed by atoms with Gasteiger partial charge in [0.25, 0.3) is 0 Å². The predicted octanol–water partition coefficient (Wildman–Crippen LogP) is 4.29. The minimum absolute atomic E-state index is 0.0578. The number of hydrogen-bond donors (Lipinski definition) is 1. The Morgan fingerprint density at radius 1 is 1.17 bits per heavy atom. The van der Waals surface area contributed by atoms with Crippen molar-refractivity contribution in [1.82, 2.24) is 4.98 Å². The lowest BCUT2D eigenvalue weighted by molar-refractivity contribution is -0.384. The van der Waals surface area contributed by atoms with Crippen molar-refractivity contribution in [3.8, 4) is 5.75 Å². The number of ether oxygens (including phenoxy) is 1. The lowest BCUT2D eigenvalue weighted by Crippen LogP contribution is -2.00. The molecular formula is C17H15N3O3. The van der Waals surface area contributed by atoms with Gasteiger partial charge in [0.15, 0.2) is 0 Å². The average Bonchev–Trinajstić information content (AvgIpc) is 2.56. The highest BCUT2D eigenvalue weighted by atomic mass is 16.6. The normalized spacial score (nSPS) is 10.5. The maximum absolute atomic E-state index is 11.3. The van der Waals surface area contributed by atoms with Gasteiger partial charge in [0.1, 0.15) is 5.75 Å². The summed E-state index contributed by atoms with van der Waals surface area (Å²) in [6.45, 7) is 2.50. The van der Waals surface area contributed by atoms with Crippen LogP contribution in [0.25, 0.3) is 10.9 Å². The van der Waals surface area contributed by atoms with Gasteiger partial charge in [0.2, 0.25) is 5.82 Å². The second kappa shape index (κ2) is 6.31. The van der Waals surface area contributed by atoms with Crippen LogP contribution in [0.2, 0.25) is 0 Å². The number of nitrogens with one attached hydrogen (secondary N) is 1. The molecule has 0 aliphatic carbocycles. The number of aromatic nitrogens is 1. The van der Waals surface area contributed by atoms with Gasteiger partial charge in [-0.1, -0.05) is 18.2 Å². The Hall–Kier alpha value is -3.15. The summed E-state index contributed by atoms with van der Waals surface area (Å²) in [7, 11) is 0. The van der Waals surface area contributed by atoms with E-state index < -0.39 is 4.92 Å². The number of fused-ring (bicyclic) bond motifs is 1. The second-order valence-electron chi connectivity index (χ2n) is 4.89. The molecule has 6 nitrogen and oxygen atoms in total. The molecule has 0 amide bonds. The Bertz CT molecular complexity index is 847. The van der Waals surface area contributed by atoms with Crippen molar-refractivity contribution in [2.24, 2.45) is 0 Å². The molecule has 23 heavy (non-hydrogen) atoms. The molecule has 3 aromatic rings. The molecule has 6 heteroatoms. The van der Waals surface area contributed by atoms with Crippen LogP contribution in [0.15, 0.2) is 54.6 Å². The van der Waals surface area contributed by atoms with Gasteiger partial charge in [-0.15, -0.1) is 0 Å². The van der Waals surface area contributed by atoms with Crippen LogP contribution in [0, 0.1) is 10.1 Å². The van der Waals surface area contributed by atoms with Gasteiger partial charge in [-0.25, -0.2) is 4.98 Å². The van der Waals surface area contributed by atoms with Gasteiger partial charge in [0, 0.05) is 17.1 Å².